The second-order valence-corrected chi connectivity index (χ2v) is 8.55. The van der Waals surface area contributed by atoms with E-state index in [0.717, 1.165) is 22.4 Å². The number of methoxy groups -OCH3 is 1. The molecule has 1 N–H and O–H groups in total. The van der Waals surface area contributed by atoms with Crippen LogP contribution in [0.5, 0.6) is 11.5 Å². The SMILES string of the molecule is COc1ccc(F)cc1-c1ccc2c(c1COc1ccc(C)cc1)N(C)C(=O)C(C)(C)N2. The van der Waals surface area contributed by atoms with E-state index in [1.54, 1.807) is 25.1 Å². The Bertz CT molecular complexity index is 1170. The largest absolute Gasteiger partial charge is 0.496 e. The van der Waals surface area contributed by atoms with E-state index in [1.165, 1.54) is 12.1 Å². The quantitative estimate of drug-likeness (QED) is 0.572. The van der Waals surface area contributed by atoms with Gasteiger partial charge in [-0.25, -0.2) is 4.39 Å². The molecule has 0 aromatic heterocycles. The number of likely N-dealkylation sites (N-methyl/N-ethyl adjacent to an activating group) is 1. The van der Waals surface area contributed by atoms with Gasteiger partial charge >= 0.3 is 0 Å². The van der Waals surface area contributed by atoms with Gasteiger partial charge in [-0.3, -0.25) is 4.79 Å². The topological polar surface area (TPSA) is 50.8 Å². The fourth-order valence-electron chi connectivity index (χ4n) is 4.11. The molecule has 1 heterocycles. The van der Waals surface area contributed by atoms with Crippen molar-refractivity contribution >= 4 is 17.3 Å². The predicted octanol–water partition coefficient (Wildman–Crippen LogP) is 5.56. The number of carbonyl (C=O) groups excluding carboxylic acids is 1. The number of anilines is 2. The fourth-order valence-corrected chi connectivity index (χ4v) is 4.11. The highest BCUT2D eigenvalue weighted by atomic mass is 19.1. The second-order valence-electron chi connectivity index (χ2n) is 8.55. The van der Waals surface area contributed by atoms with Crippen molar-refractivity contribution in [1.82, 2.24) is 0 Å². The van der Waals surface area contributed by atoms with Crippen molar-refractivity contribution in [2.24, 2.45) is 0 Å². The molecular formula is C26H27FN2O3. The normalized spacial score (nSPS) is 14.6. The van der Waals surface area contributed by atoms with E-state index >= 15 is 0 Å². The van der Waals surface area contributed by atoms with Crippen LogP contribution in [-0.2, 0) is 11.4 Å². The highest BCUT2D eigenvalue weighted by molar-refractivity contribution is 6.08. The molecule has 4 rings (SSSR count). The van der Waals surface area contributed by atoms with Crippen molar-refractivity contribution in [3.05, 3.63) is 71.5 Å². The monoisotopic (exact) mass is 434 g/mol. The second kappa shape index (κ2) is 8.19. The molecule has 0 saturated heterocycles. The summed E-state index contributed by atoms with van der Waals surface area (Å²) >= 11 is 0. The third-order valence-electron chi connectivity index (χ3n) is 5.76. The molecule has 6 heteroatoms. The van der Waals surface area contributed by atoms with Crippen LogP contribution in [0.4, 0.5) is 15.8 Å². The van der Waals surface area contributed by atoms with Crippen LogP contribution in [0.25, 0.3) is 11.1 Å². The first-order valence-electron chi connectivity index (χ1n) is 10.5. The van der Waals surface area contributed by atoms with Crippen LogP contribution >= 0.6 is 0 Å². The standard InChI is InChI=1S/C26H27FN2O3/c1-16-6-9-18(10-7-16)32-15-21-19(20-14-17(27)8-13-23(20)31-5)11-12-22-24(21)29(4)25(30)26(2,3)28-22/h6-14,28H,15H2,1-5H3. The third kappa shape index (κ3) is 3.88. The Balaban J connectivity index is 1.88. The molecule has 3 aromatic rings. The minimum absolute atomic E-state index is 0.0649. The van der Waals surface area contributed by atoms with Gasteiger partial charge in [-0.05, 0) is 62.7 Å². The van der Waals surface area contributed by atoms with Gasteiger partial charge in [0.15, 0.2) is 0 Å². The van der Waals surface area contributed by atoms with Crippen LogP contribution in [-0.4, -0.2) is 25.6 Å². The smallest absolute Gasteiger partial charge is 0.251 e. The number of nitrogens with zero attached hydrogens (tertiary/aromatic N) is 1. The summed E-state index contributed by atoms with van der Waals surface area (Å²) in [5.74, 6) is 0.821. The third-order valence-corrected chi connectivity index (χ3v) is 5.76. The molecule has 5 nitrogen and oxygen atoms in total. The van der Waals surface area contributed by atoms with Crippen LogP contribution < -0.4 is 19.7 Å². The Hall–Kier alpha value is -3.54. The number of rotatable bonds is 5. The van der Waals surface area contributed by atoms with Crippen LogP contribution in [0.2, 0.25) is 0 Å². The summed E-state index contributed by atoms with van der Waals surface area (Å²) in [4.78, 5) is 14.7. The predicted molar refractivity (Wildman–Crippen MR) is 125 cm³/mol. The highest BCUT2D eigenvalue weighted by Crippen LogP contribution is 2.44. The van der Waals surface area contributed by atoms with Crippen LogP contribution in [0.3, 0.4) is 0 Å². The maximum atomic E-state index is 14.2. The fraction of sp³-hybridized carbons (Fsp3) is 0.269. The number of hydrogen-bond donors (Lipinski definition) is 1. The molecule has 32 heavy (non-hydrogen) atoms. The molecule has 1 aliphatic rings. The van der Waals surface area contributed by atoms with E-state index in [0.29, 0.717) is 22.7 Å². The number of benzene rings is 3. The van der Waals surface area contributed by atoms with E-state index in [2.05, 4.69) is 5.32 Å². The lowest BCUT2D eigenvalue weighted by Gasteiger charge is -2.39. The maximum Gasteiger partial charge on any atom is 0.251 e. The van der Waals surface area contributed by atoms with Crippen molar-refractivity contribution in [2.45, 2.75) is 32.9 Å². The van der Waals surface area contributed by atoms with Gasteiger partial charge in [-0.1, -0.05) is 23.8 Å². The van der Waals surface area contributed by atoms with Gasteiger partial charge in [0.25, 0.3) is 5.91 Å². The summed E-state index contributed by atoms with van der Waals surface area (Å²) in [5.41, 5.74) is 4.04. The Morgan fingerprint density at radius 3 is 2.44 bits per heavy atom. The molecule has 166 valence electrons. The first-order valence-corrected chi connectivity index (χ1v) is 10.5. The lowest BCUT2D eigenvalue weighted by Crippen LogP contribution is -2.52. The van der Waals surface area contributed by atoms with Gasteiger partial charge in [-0.15, -0.1) is 0 Å². The van der Waals surface area contributed by atoms with E-state index in [9.17, 15) is 9.18 Å². The zero-order chi connectivity index (χ0) is 23.0. The maximum absolute atomic E-state index is 14.2. The Kier molecular flexibility index (Phi) is 5.55. The first-order chi connectivity index (χ1) is 15.2. The average molecular weight is 435 g/mol. The Morgan fingerprint density at radius 1 is 1.03 bits per heavy atom. The van der Waals surface area contributed by atoms with E-state index < -0.39 is 5.54 Å². The van der Waals surface area contributed by atoms with Crippen LogP contribution in [0, 0.1) is 12.7 Å². The minimum atomic E-state index is -0.741. The number of nitrogens with one attached hydrogen (secondary N) is 1. The Labute approximate surface area is 187 Å². The molecule has 1 amide bonds. The highest BCUT2D eigenvalue weighted by Gasteiger charge is 2.38. The molecular weight excluding hydrogens is 407 g/mol. The summed E-state index contributed by atoms with van der Waals surface area (Å²) in [7, 11) is 3.31. The number of ether oxygens (including phenoxy) is 2. The molecule has 0 spiro atoms. The Morgan fingerprint density at radius 2 is 1.75 bits per heavy atom. The summed E-state index contributed by atoms with van der Waals surface area (Å²) in [5, 5.41) is 3.33. The minimum Gasteiger partial charge on any atom is -0.496 e. The number of aryl methyl sites for hydroxylation is 1. The summed E-state index contributed by atoms with van der Waals surface area (Å²) in [6.45, 7) is 5.90. The lowest BCUT2D eigenvalue weighted by molar-refractivity contribution is -0.121. The van der Waals surface area contributed by atoms with Crippen molar-refractivity contribution in [3.8, 4) is 22.6 Å². The number of amides is 1. The molecule has 0 radical (unpaired) electrons. The van der Waals surface area contributed by atoms with Gasteiger partial charge in [-0.2, -0.15) is 0 Å². The van der Waals surface area contributed by atoms with Gasteiger partial charge < -0.3 is 19.7 Å². The van der Waals surface area contributed by atoms with E-state index in [1.807, 2.05) is 57.2 Å². The number of halogens is 1. The molecule has 3 aromatic carbocycles. The van der Waals surface area contributed by atoms with E-state index in [4.69, 9.17) is 9.47 Å². The number of carbonyl (C=O) groups is 1. The lowest BCUT2D eigenvalue weighted by atomic mass is 9.92. The average Bonchev–Trinajstić information content (AvgIpc) is 2.76. The summed E-state index contributed by atoms with van der Waals surface area (Å²) < 4.78 is 25.8. The van der Waals surface area contributed by atoms with Crippen molar-refractivity contribution < 1.29 is 18.7 Å². The van der Waals surface area contributed by atoms with Gasteiger partial charge in [0.1, 0.15) is 29.5 Å². The van der Waals surface area contributed by atoms with Crippen molar-refractivity contribution in [3.63, 3.8) is 0 Å². The summed E-state index contributed by atoms with van der Waals surface area (Å²) in [6.07, 6.45) is 0. The summed E-state index contributed by atoms with van der Waals surface area (Å²) in [6, 6.07) is 16.0. The first kappa shape index (κ1) is 21.7. The van der Waals surface area contributed by atoms with Gasteiger partial charge in [0.2, 0.25) is 0 Å². The number of fused-ring (bicyclic) bond motifs is 1. The molecule has 1 aliphatic heterocycles. The van der Waals surface area contributed by atoms with Crippen LogP contribution in [0.15, 0.2) is 54.6 Å². The van der Waals surface area contributed by atoms with Crippen LogP contribution in [0.1, 0.15) is 25.0 Å². The number of hydrogen-bond acceptors (Lipinski definition) is 4. The van der Waals surface area contributed by atoms with Crippen molar-refractivity contribution in [1.29, 1.82) is 0 Å². The molecule has 0 aliphatic carbocycles. The zero-order valence-electron chi connectivity index (χ0n) is 19.0. The van der Waals surface area contributed by atoms with Gasteiger partial charge in [0.05, 0.1) is 18.5 Å². The molecule has 0 fully saturated rings. The van der Waals surface area contributed by atoms with E-state index in [-0.39, 0.29) is 18.3 Å². The van der Waals surface area contributed by atoms with Gasteiger partial charge in [0, 0.05) is 18.2 Å². The molecule has 0 unspecified atom stereocenters. The molecule has 0 saturated carbocycles. The molecule has 0 atom stereocenters. The zero-order valence-corrected chi connectivity index (χ0v) is 19.0. The molecule has 0 bridgehead atoms. The van der Waals surface area contributed by atoms with Crippen molar-refractivity contribution in [2.75, 3.05) is 24.4 Å².